The van der Waals surface area contributed by atoms with Crippen molar-refractivity contribution in [3.63, 3.8) is 0 Å². The van der Waals surface area contributed by atoms with Gasteiger partial charge in [-0.05, 0) is 32.2 Å². The van der Waals surface area contributed by atoms with Gasteiger partial charge in [-0.15, -0.1) is 0 Å². The van der Waals surface area contributed by atoms with Crippen LogP contribution < -0.4 is 11.5 Å². The van der Waals surface area contributed by atoms with E-state index in [9.17, 15) is 13.2 Å². The first kappa shape index (κ1) is 14.4. The normalized spacial score (nSPS) is 22.5. The molecule has 0 radical (unpaired) electrons. The van der Waals surface area contributed by atoms with Crippen molar-refractivity contribution in [2.45, 2.75) is 38.1 Å². The van der Waals surface area contributed by atoms with Gasteiger partial charge < -0.3 is 11.5 Å². The Balaban J connectivity index is 2.69. The van der Waals surface area contributed by atoms with Gasteiger partial charge in [-0.25, -0.2) is 8.42 Å². The van der Waals surface area contributed by atoms with E-state index in [1.54, 1.807) is 0 Å². The summed E-state index contributed by atoms with van der Waals surface area (Å²) in [5.74, 6) is -0.499. The van der Waals surface area contributed by atoms with Crippen LogP contribution in [0.1, 0.15) is 32.1 Å². The number of carbonyl (C=O) groups is 1. The summed E-state index contributed by atoms with van der Waals surface area (Å²) in [7, 11) is -3.37. The predicted molar refractivity (Wildman–Crippen MR) is 65.6 cm³/mol. The van der Waals surface area contributed by atoms with Crippen LogP contribution in [-0.4, -0.2) is 43.5 Å². The van der Waals surface area contributed by atoms with Crippen molar-refractivity contribution >= 4 is 15.9 Å². The van der Waals surface area contributed by atoms with Crippen LogP contribution in [0.3, 0.4) is 0 Å². The second-order valence-electron chi connectivity index (χ2n) is 4.34. The van der Waals surface area contributed by atoms with Crippen molar-refractivity contribution in [3.8, 4) is 0 Å². The van der Waals surface area contributed by atoms with Gasteiger partial charge in [0.25, 0.3) is 0 Å². The van der Waals surface area contributed by atoms with Gasteiger partial charge in [-0.3, -0.25) is 4.79 Å². The molecule has 17 heavy (non-hydrogen) atoms. The molecule has 1 fully saturated rings. The number of nitrogens with two attached hydrogens (primary N) is 2. The number of nitrogens with zero attached hydrogens (tertiary/aromatic N) is 1. The van der Waals surface area contributed by atoms with Gasteiger partial charge in [-0.1, -0.05) is 6.42 Å². The van der Waals surface area contributed by atoms with E-state index < -0.39 is 22.0 Å². The lowest BCUT2D eigenvalue weighted by atomic mass is 10.0. The van der Waals surface area contributed by atoms with E-state index >= 15 is 0 Å². The second kappa shape index (κ2) is 6.32. The molecule has 0 aromatic rings. The molecule has 0 bridgehead atoms. The highest BCUT2D eigenvalue weighted by Crippen LogP contribution is 2.21. The summed E-state index contributed by atoms with van der Waals surface area (Å²) in [5.41, 5.74) is 10.6. The van der Waals surface area contributed by atoms with Crippen molar-refractivity contribution in [2.24, 2.45) is 11.5 Å². The van der Waals surface area contributed by atoms with Gasteiger partial charge >= 0.3 is 0 Å². The Morgan fingerprint density at radius 3 is 2.59 bits per heavy atom. The molecule has 0 aliphatic carbocycles. The molecule has 1 aliphatic rings. The Kier molecular flexibility index (Phi) is 5.35. The molecule has 7 heteroatoms. The Labute approximate surface area is 102 Å². The molecule has 1 aliphatic heterocycles. The zero-order valence-electron chi connectivity index (χ0n) is 9.97. The van der Waals surface area contributed by atoms with Gasteiger partial charge in [0.05, 0.1) is 5.75 Å². The number of hydrogen-bond donors (Lipinski definition) is 2. The molecule has 4 N–H and O–H groups in total. The maximum absolute atomic E-state index is 12.1. The Morgan fingerprint density at radius 2 is 2.00 bits per heavy atom. The quantitative estimate of drug-likeness (QED) is 0.624. The first-order valence-electron chi connectivity index (χ1n) is 5.98. The molecule has 0 saturated carbocycles. The molecule has 0 spiro atoms. The molecule has 1 amide bonds. The monoisotopic (exact) mass is 263 g/mol. The van der Waals surface area contributed by atoms with Gasteiger partial charge in [0.1, 0.15) is 6.04 Å². The lowest BCUT2D eigenvalue weighted by molar-refractivity contribution is -0.122. The maximum atomic E-state index is 12.1. The van der Waals surface area contributed by atoms with Crippen LogP contribution in [-0.2, 0) is 14.8 Å². The summed E-state index contributed by atoms with van der Waals surface area (Å²) in [6, 6.07) is -0.661. The largest absolute Gasteiger partial charge is 0.368 e. The smallest absolute Gasteiger partial charge is 0.235 e. The highest BCUT2D eigenvalue weighted by Gasteiger charge is 2.34. The number of piperidine rings is 1. The van der Waals surface area contributed by atoms with Crippen LogP contribution in [0.2, 0.25) is 0 Å². The van der Waals surface area contributed by atoms with E-state index in [-0.39, 0.29) is 5.75 Å². The fraction of sp³-hybridized carbons (Fsp3) is 0.900. The highest BCUT2D eigenvalue weighted by atomic mass is 32.2. The highest BCUT2D eigenvalue weighted by molar-refractivity contribution is 7.89. The van der Waals surface area contributed by atoms with Crippen molar-refractivity contribution in [2.75, 3.05) is 18.8 Å². The fourth-order valence-corrected chi connectivity index (χ4v) is 3.88. The Morgan fingerprint density at radius 1 is 1.29 bits per heavy atom. The molecule has 1 heterocycles. The molecule has 0 aromatic carbocycles. The summed E-state index contributed by atoms with van der Waals surface area (Å²) < 4.78 is 25.4. The fourth-order valence-electron chi connectivity index (χ4n) is 2.07. The van der Waals surface area contributed by atoms with Crippen molar-refractivity contribution < 1.29 is 13.2 Å². The van der Waals surface area contributed by atoms with Crippen LogP contribution in [0.5, 0.6) is 0 Å². The number of rotatable bonds is 6. The molecule has 1 rings (SSSR count). The van der Waals surface area contributed by atoms with E-state index in [4.69, 9.17) is 11.5 Å². The van der Waals surface area contributed by atoms with Crippen molar-refractivity contribution in [1.29, 1.82) is 0 Å². The first-order valence-corrected chi connectivity index (χ1v) is 7.59. The number of unbranched alkanes of at least 4 members (excludes halogenated alkanes) is 1. The average molecular weight is 263 g/mol. The molecule has 0 aromatic heterocycles. The third-order valence-electron chi connectivity index (χ3n) is 3.00. The minimum absolute atomic E-state index is 0.0496. The lowest BCUT2D eigenvalue weighted by Gasteiger charge is -2.32. The number of primary amides is 1. The summed E-state index contributed by atoms with van der Waals surface area (Å²) in [6.07, 6.45) is 3.38. The standard InChI is InChI=1S/C10H21N3O3S/c11-6-2-4-8-17(15,16)13-7-3-1-5-9(13)10(12)14/h9H,1-8,11H2,(H2,12,14). The summed E-state index contributed by atoms with van der Waals surface area (Å²) in [5, 5.41) is 0. The van der Waals surface area contributed by atoms with E-state index in [1.165, 1.54) is 4.31 Å². The third-order valence-corrected chi connectivity index (χ3v) is 4.95. The molecule has 6 nitrogen and oxygen atoms in total. The SMILES string of the molecule is NCCCCS(=O)(=O)N1CCCCC1C(N)=O. The molecular weight excluding hydrogens is 242 g/mol. The van der Waals surface area contributed by atoms with Crippen molar-refractivity contribution in [1.82, 2.24) is 4.31 Å². The number of sulfonamides is 1. The molecule has 1 saturated heterocycles. The maximum Gasteiger partial charge on any atom is 0.235 e. The number of hydrogen-bond acceptors (Lipinski definition) is 4. The summed E-state index contributed by atoms with van der Waals surface area (Å²) >= 11 is 0. The zero-order valence-corrected chi connectivity index (χ0v) is 10.8. The van der Waals surface area contributed by atoms with Gasteiger partial charge in [0.15, 0.2) is 0 Å². The van der Waals surface area contributed by atoms with E-state index in [2.05, 4.69) is 0 Å². The molecule has 100 valence electrons. The molecular formula is C10H21N3O3S. The number of amides is 1. The zero-order chi connectivity index (χ0) is 12.9. The van der Waals surface area contributed by atoms with Gasteiger partial charge in [0, 0.05) is 6.54 Å². The second-order valence-corrected chi connectivity index (χ2v) is 6.38. The van der Waals surface area contributed by atoms with Crippen LogP contribution in [0.15, 0.2) is 0 Å². The predicted octanol–water partition coefficient (Wildman–Crippen LogP) is -0.605. The Bertz CT molecular complexity index is 356. The van der Waals surface area contributed by atoms with Crippen LogP contribution in [0.25, 0.3) is 0 Å². The molecule has 1 unspecified atom stereocenters. The van der Waals surface area contributed by atoms with Crippen LogP contribution in [0, 0.1) is 0 Å². The van der Waals surface area contributed by atoms with Crippen LogP contribution >= 0.6 is 0 Å². The van der Waals surface area contributed by atoms with Gasteiger partial charge in [-0.2, -0.15) is 4.31 Å². The average Bonchev–Trinajstić information content (AvgIpc) is 2.29. The van der Waals surface area contributed by atoms with Crippen LogP contribution in [0.4, 0.5) is 0 Å². The third kappa shape index (κ3) is 3.93. The first-order chi connectivity index (χ1) is 7.99. The molecule has 1 atom stereocenters. The Hall–Kier alpha value is -0.660. The lowest BCUT2D eigenvalue weighted by Crippen LogP contribution is -2.51. The topological polar surface area (TPSA) is 106 Å². The minimum atomic E-state index is -3.37. The van der Waals surface area contributed by atoms with E-state index in [0.29, 0.717) is 32.4 Å². The number of carbonyl (C=O) groups excluding carboxylic acids is 1. The summed E-state index contributed by atoms with van der Waals surface area (Å²) in [6.45, 7) is 0.882. The minimum Gasteiger partial charge on any atom is -0.368 e. The van der Waals surface area contributed by atoms with E-state index in [0.717, 1.165) is 12.8 Å². The summed E-state index contributed by atoms with van der Waals surface area (Å²) in [4.78, 5) is 11.2. The van der Waals surface area contributed by atoms with Gasteiger partial charge in [0.2, 0.25) is 15.9 Å². The van der Waals surface area contributed by atoms with E-state index in [1.807, 2.05) is 0 Å². The van der Waals surface area contributed by atoms with Crippen molar-refractivity contribution in [3.05, 3.63) is 0 Å².